The van der Waals surface area contributed by atoms with Crippen molar-refractivity contribution in [3.05, 3.63) is 35.4 Å². The van der Waals surface area contributed by atoms with Gasteiger partial charge < -0.3 is 10.6 Å². The van der Waals surface area contributed by atoms with Crippen molar-refractivity contribution >= 4 is 5.91 Å². The van der Waals surface area contributed by atoms with Crippen LogP contribution in [0, 0.1) is 11.6 Å². The number of carbonyl (C=O) groups is 1. The molecule has 0 fully saturated rings. The van der Waals surface area contributed by atoms with Gasteiger partial charge >= 0.3 is 0 Å². The zero-order valence-electron chi connectivity index (χ0n) is 9.89. The molecule has 0 radical (unpaired) electrons. The Morgan fingerprint density at radius 2 is 1.88 bits per heavy atom. The van der Waals surface area contributed by atoms with Crippen molar-refractivity contribution in [1.82, 2.24) is 10.6 Å². The molecule has 0 saturated carbocycles. The minimum Gasteiger partial charge on any atom is -0.353 e. The number of carbonyl (C=O) groups excluding carboxylic acids is 1. The number of rotatable bonds is 5. The van der Waals surface area contributed by atoms with Crippen molar-refractivity contribution in [2.45, 2.75) is 26.4 Å². The van der Waals surface area contributed by atoms with Gasteiger partial charge in [-0.3, -0.25) is 4.79 Å². The van der Waals surface area contributed by atoms with Crippen LogP contribution in [-0.2, 0) is 11.3 Å². The Bertz CT molecular complexity index is 374. The van der Waals surface area contributed by atoms with Gasteiger partial charge in [0.2, 0.25) is 5.91 Å². The van der Waals surface area contributed by atoms with Crippen molar-refractivity contribution in [3.63, 3.8) is 0 Å². The summed E-state index contributed by atoms with van der Waals surface area (Å²) in [5, 5.41) is 5.37. The monoisotopic (exact) mass is 242 g/mol. The van der Waals surface area contributed by atoms with E-state index in [0.717, 1.165) is 0 Å². The molecule has 0 bridgehead atoms. The van der Waals surface area contributed by atoms with Gasteiger partial charge in [0.25, 0.3) is 0 Å². The van der Waals surface area contributed by atoms with E-state index in [2.05, 4.69) is 10.6 Å². The third kappa shape index (κ3) is 4.48. The number of nitrogens with one attached hydrogen (secondary N) is 2. The van der Waals surface area contributed by atoms with Gasteiger partial charge in [-0.05, 0) is 26.0 Å². The van der Waals surface area contributed by atoms with Crippen LogP contribution in [0.5, 0.6) is 0 Å². The van der Waals surface area contributed by atoms with Gasteiger partial charge in [0.1, 0.15) is 11.6 Å². The first-order valence-electron chi connectivity index (χ1n) is 5.43. The van der Waals surface area contributed by atoms with E-state index in [1.54, 1.807) is 0 Å². The van der Waals surface area contributed by atoms with E-state index in [1.807, 2.05) is 13.8 Å². The highest BCUT2D eigenvalue weighted by Gasteiger charge is 2.08. The number of halogens is 2. The first-order valence-corrected chi connectivity index (χ1v) is 5.43. The molecule has 0 aliphatic heterocycles. The van der Waals surface area contributed by atoms with Crippen LogP contribution < -0.4 is 10.6 Å². The van der Waals surface area contributed by atoms with Crippen LogP contribution in [0.4, 0.5) is 8.78 Å². The van der Waals surface area contributed by atoms with E-state index in [-0.39, 0.29) is 30.6 Å². The predicted octanol–water partition coefficient (Wildman–Crippen LogP) is 1.58. The van der Waals surface area contributed by atoms with Gasteiger partial charge in [-0.1, -0.05) is 6.07 Å². The van der Waals surface area contributed by atoms with Crippen molar-refractivity contribution < 1.29 is 13.6 Å². The Labute approximate surface area is 99.2 Å². The zero-order valence-corrected chi connectivity index (χ0v) is 9.89. The summed E-state index contributed by atoms with van der Waals surface area (Å²) in [5.41, 5.74) is -0.0511. The largest absolute Gasteiger partial charge is 0.353 e. The fraction of sp³-hybridized carbons (Fsp3) is 0.417. The summed E-state index contributed by atoms with van der Waals surface area (Å²) < 4.78 is 26.4. The second-order valence-electron chi connectivity index (χ2n) is 4.03. The lowest BCUT2D eigenvalue weighted by molar-refractivity contribution is -0.120. The molecule has 0 aliphatic carbocycles. The maximum atomic E-state index is 13.2. The van der Waals surface area contributed by atoms with Gasteiger partial charge in [0.15, 0.2) is 0 Å². The topological polar surface area (TPSA) is 41.1 Å². The Kier molecular flexibility index (Phi) is 5.03. The summed E-state index contributed by atoms with van der Waals surface area (Å²) in [4.78, 5) is 11.3. The normalized spacial score (nSPS) is 10.6. The molecule has 17 heavy (non-hydrogen) atoms. The smallest absolute Gasteiger partial charge is 0.234 e. The third-order valence-electron chi connectivity index (χ3n) is 2.10. The van der Waals surface area contributed by atoms with Crippen molar-refractivity contribution in [2.24, 2.45) is 0 Å². The molecule has 1 aromatic carbocycles. The van der Waals surface area contributed by atoms with Crippen LogP contribution >= 0.6 is 0 Å². The summed E-state index contributed by atoms with van der Waals surface area (Å²) in [6, 6.07) is 3.73. The Hall–Kier alpha value is -1.49. The third-order valence-corrected chi connectivity index (χ3v) is 2.10. The minimum atomic E-state index is -0.609. The number of hydrogen-bond donors (Lipinski definition) is 2. The van der Waals surface area contributed by atoms with E-state index in [0.29, 0.717) is 0 Å². The SMILES string of the molecule is CC(C)NC(=O)CNCc1c(F)cccc1F. The van der Waals surface area contributed by atoms with Gasteiger partial charge in [0, 0.05) is 18.2 Å². The van der Waals surface area contributed by atoms with Crippen molar-refractivity contribution in [1.29, 1.82) is 0 Å². The molecule has 0 heterocycles. The fourth-order valence-corrected chi connectivity index (χ4v) is 1.38. The van der Waals surface area contributed by atoms with E-state index in [4.69, 9.17) is 0 Å². The van der Waals surface area contributed by atoms with Crippen LogP contribution in [-0.4, -0.2) is 18.5 Å². The van der Waals surface area contributed by atoms with Crippen LogP contribution in [0.25, 0.3) is 0 Å². The summed E-state index contributed by atoms with van der Waals surface area (Å²) in [6.45, 7) is 3.71. The van der Waals surface area contributed by atoms with Gasteiger partial charge in [-0.25, -0.2) is 8.78 Å². The standard InChI is InChI=1S/C12H16F2N2O/c1-8(2)16-12(17)7-15-6-9-10(13)4-3-5-11(9)14/h3-5,8,15H,6-7H2,1-2H3,(H,16,17). The molecule has 94 valence electrons. The average Bonchev–Trinajstić information content (AvgIpc) is 2.21. The lowest BCUT2D eigenvalue weighted by Gasteiger charge is -2.10. The highest BCUT2D eigenvalue weighted by atomic mass is 19.1. The molecule has 0 aliphatic rings. The minimum absolute atomic E-state index is 0.00990. The molecule has 0 saturated heterocycles. The second-order valence-corrected chi connectivity index (χ2v) is 4.03. The summed E-state index contributed by atoms with van der Waals surface area (Å²) in [6.07, 6.45) is 0. The highest BCUT2D eigenvalue weighted by Crippen LogP contribution is 2.11. The second kappa shape index (κ2) is 6.30. The molecule has 2 N–H and O–H groups in total. The molecular weight excluding hydrogens is 226 g/mol. The quantitative estimate of drug-likeness (QED) is 0.823. The van der Waals surface area contributed by atoms with Gasteiger partial charge in [-0.2, -0.15) is 0 Å². The molecular formula is C12H16F2N2O. The molecule has 0 atom stereocenters. The van der Waals surface area contributed by atoms with Crippen LogP contribution in [0.2, 0.25) is 0 Å². The molecule has 0 unspecified atom stereocenters. The summed E-state index contributed by atoms with van der Waals surface area (Å²) in [7, 11) is 0. The average molecular weight is 242 g/mol. The molecule has 5 heteroatoms. The Balaban J connectivity index is 2.43. The Morgan fingerprint density at radius 3 is 2.41 bits per heavy atom. The lowest BCUT2D eigenvalue weighted by atomic mass is 10.2. The molecule has 3 nitrogen and oxygen atoms in total. The Morgan fingerprint density at radius 1 is 1.29 bits per heavy atom. The zero-order chi connectivity index (χ0) is 12.8. The first kappa shape index (κ1) is 13.6. The van der Waals surface area contributed by atoms with E-state index in [1.165, 1.54) is 18.2 Å². The molecule has 1 aromatic rings. The van der Waals surface area contributed by atoms with Gasteiger partial charge in [0.05, 0.1) is 6.54 Å². The van der Waals surface area contributed by atoms with E-state index < -0.39 is 11.6 Å². The van der Waals surface area contributed by atoms with Crippen LogP contribution in [0.1, 0.15) is 19.4 Å². The first-order chi connectivity index (χ1) is 8.00. The number of amides is 1. The predicted molar refractivity (Wildman–Crippen MR) is 61.3 cm³/mol. The number of benzene rings is 1. The molecule has 0 aromatic heterocycles. The van der Waals surface area contributed by atoms with Crippen molar-refractivity contribution in [2.75, 3.05) is 6.54 Å². The number of hydrogen-bond acceptors (Lipinski definition) is 2. The van der Waals surface area contributed by atoms with Crippen LogP contribution in [0.15, 0.2) is 18.2 Å². The lowest BCUT2D eigenvalue weighted by Crippen LogP contribution is -2.37. The maximum absolute atomic E-state index is 13.2. The fourth-order valence-electron chi connectivity index (χ4n) is 1.38. The highest BCUT2D eigenvalue weighted by molar-refractivity contribution is 5.78. The van der Waals surface area contributed by atoms with E-state index in [9.17, 15) is 13.6 Å². The molecule has 1 amide bonds. The van der Waals surface area contributed by atoms with Crippen molar-refractivity contribution in [3.8, 4) is 0 Å². The van der Waals surface area contributed by atoms with E-state index >= 15 is 0 Å². The molecule has 0 spiro atoms. The summed E-state index contributed by atoms with van der Waals surface area (Å²) in [5.74, 6) is -1.42. The maximum Gasteiger partial charge on any atom is 0.234 e. The van der Waals surface area contributed by atoms with Gasteiger partial charge in [-0.15, -0.1) is 0 Å². The molecule has 1 rings (SSSR count). The van der Waals surface area contributed by atoms with Crippen LogP contribution in [0.3, 0.4) is 0 Å². The summed E-state index contributed by atoms with van der Waals surface area (Å²) >= 11 is 0.